The van der Waals surface area contributed by atoms with Crippen molar-refractivity contribution >= 4 is 17.7 Å². The SMILES string of the molecule is Cc1c(Cl)cccc1-c1cc([C@@H]2CCCN2C(=O)O)[nH]n1. The van der Waals surface area contributed by atoms with Gasteiger partial charge in [-0.05, 0) is 37.5 Å². The van der Waals surface area contributed by atoms with Gasteiger partial charge in [0.25, 0.3) is 0 Å². The first-order chi connectivity index (χ1) is 10.1. The van der Waals surface area contributed by atoms with E-state index in [0.29, 0.717) is 11.6 Å². The van der Waals surface area contributed by atoms with Crippen LogP contribution in [0.2, 0.25) is 5.02 Å². The van der Waals surface area contributed by atoms with E-state index in [1.54, 1.807) is 0 Å². The normalized spacial score (nSPS) is 18.2. The maximum Gasteiger partial charge on any atom is 0.407 e. The molecule has 1 atom stereocenters. The number of halogens is 1. The van der Waals surface area contributed by atoms with E-state index < -0.39 is 6.09 Å². The van der Waals surface area contributed by atoms with Crippen LogP contribution in [-0.2, 0) is 0 Å². The van der Waals surface area contributed by atoms with Crippen LogP contribution in [0.4, 0.5) is 4.79 Å². The predicted octanol–water partition coefficient (Wildman–Crippen LogP) is 3.85. The molecule has 0 unspecified atom stereocenters. The van der Waals surface area contributed by atoms with E-state index >= 15 is 0 Å². The lowest BCUT2D eigenvalue weighted by Crippen LogP contribution is -2.28. The molecule has 1 amide bonds. The number of H-pyrrole nitrogens is 1. The van der Waals surface area contributed by atoms with Crippen LogP contribution in [0.25, 0.3) is 11.3 Å². The quantitative estimate of drug-likeness (QED) is 0.885. The van der Waals surface area contributed by atoms with E-state index in [9.17, 15) is 9.90 Å². The van der Waals surface area contributed by atoms with Crippen molar-refractivity contribution in [1.29, 1.82) is 0 Å². The van der Waals surface area contributed by atoms with Crippen molar-refractivity contribution in [3.8, 4) is 11.3 Å². The van der Waals surface area contributed by atoms with Gasteiger partial charge in [0, 0.05) is 17.1 Å². The van der Waals surface area contributed by atoms with Crippen LogP contribution in [0, 0.1) is 6.92 Å². The summed E-state index contributed by atoms with van der Waals surface area (Å²) in [4.78, 5) is 12.7. The highest BCUT2D eigenvalue weighted by Crippen LogP contribution is 2.34. The molecule has 1 aliphatic heterocycles. The molecule has 6 heteroatoms. The first-order valence-corrected chi connectivity index (χ1v) is 7.26. The molecule has 1 aromatic heterocycles. The number of nitrogens with zero attached hydrogens (tertiary/aromatic N) is 2. The lowest BCUT2D eigenvalue weighted by atomic mass is 10.0. The minimum Gasteiger partial charge on any atom is -0.465 e. The molecule has 0 bridgehead atoms. The van der Waals surface area contributed by atoms with E-state index in [0.717, 1.165) is 35.4 Å². The molecule has 1 saturated heterocycles. The van der Waals surface area contributed by atoms with Crippen LogP contribution in [0.1, 0.15) is 30.1 Å². The van der Waals surface area contributed by atoms with Crippen LogP contribution < -0.4 is 0 Å². The van der Waals surface area contributed by atoms with Gasteiger partial charge in [-0.1, -0.05) is 23.7 Å². The first-order valence-electron chi connectivity index (χ1n) is 6.88. The Morgan fingerprint density at radius 1 is 1.52 bits per heavy atom. The fraction of sp³-hybridized carbons (Fsp3) is 0.333. The zero-order valence-corrected chi connectivity index (χ0v) is 12.4. The molecule has 5 nitrogen and oxygen atoms in total. The van der Waals surface area contributed by atoms with Gasteiger partial charge in [-0.2, -0.15) is 5.10 Å². The Balaban J connectivity index is 1.93. The molecule has 1 aromatic carbocycles. The molecule has 3 rings (SSSR count). The second-order valence-electron chi connectivity index (χ2n) is 5.25. The number of aromatic amines is 1. The highest BCUT2D eigenvalue weighted by atomic mass is 35.5. The Bertz CT molecular complexity index is 683. The Morgan fingerprint density at radius 3 is 3.10 bits per heavy atom. The molecule has 0 saturated carbocycles. The lowest BCUT2D eigenvalue weighted by Gasteiger charge is -2.19. The highest BCUT2D eigenvalue weighted by Gasteiger charge is 2.31. The zero-order valence-electron chi connectivity index (χ0n) is 11.6. The molecule has 0 aliphatic carbocycles. The van der Waals surface area contributed by atoms with E-state index in [1.165, 1.54) is 4.90 Å². The summed E-state index contributed by atoms with van der Waals surface area (Å²) in [5.41, 5.74) is 3.56. The number of rotatable bonds is 2. The van der Waals surface area contributed by atoms with E-state index in [4.69, 9.17) is 11.6 Å². The minimum absolute atomic E-state index is 0.136. The van der Waals surface area contributed by atoms with Gasteiger partial charge in [0.1, 0.15) is 0 Å². The topological polar surface area (TPSA) is 69.2 Å². The summed E-state index contributed by atoms with van der Waals surface area (Å²) >= 11 is 6.14. The molecule has 0 spiro atoms. The average molecular weight is 306 g/mol. The summed E-state index contributed by atoms with van der Waals surface area (Å²) in [5, 5.41) is 17.2. The number of hydrogen-bond acceptors (Lipinski definition) is 2. The van der Waals surface area contributed by atoms with Crippen LogP contribution in [0.15, 0.2) is 24.3 Å². The molecule has 2 heterocycles. The van der Waals surface area contributed by atoms with Gasteiger partial charge in [0.05, 0.1) is 17.4 Å². The van der Waals surface area contributed by atoms with Gasteiger partial charge in [-0.15, -0.1) is 0 Å². The van der Waals surface area contributed by atoms with Gasteiger partial charge in [0.2, 0.25) is 0 Å². The van der Waals surface area contributed by atoms with Crippen LogP contribution in [0.5, 0.6) is 0 Å². The molecule has 2 aromatic rings. The number of aromatic nitrogens is 2. The molecule has 21 heavy (non-hydrogen) atoms. The Labute approximate surface area is 127 Å². The fourth-order valence-corrected chi connectivity index (χ4v) is 3.02. The number of nitrogens with one attached hydrogen (secondary N) is 1. The highest BCUT2D eigenvalue weighted by molar-refractivity contribution is 6.31. The van der Waals surface area contributed by atoms with Crippen molar-refractivity contribution < 1.29 is 9.90 Å². The van der Waals surface area contributed by atoms with Gasteiger partial charge >= 0.3 is 6.09 Å². The Morgan fingerprint density at radius 2 is 2.33 bits per heavy atom. The third-order valence-corrected chi connectivity index (χ3v) is 4.41. The first kappa shape index (κ1) is 13.9. The van der Waals surface area contributed by atoms with Crippen molar-refractivity contribution in [3.05, 3.63) is 40.5 Å². The van der Waals surface area contributed by atoms with Crippen molar-refractivity contribution in [2.75, 3.05) is 6.54 Å². The zero-order chi connectivity index (χ0) is 15.0. The van der Waals surface area contributed by atoms with Crippen molar-refractivity contribution in [3.63, 3.8) is 0 Å². The van der Waals surface area contributed by atoms with Gasteiger partial charge in [0.15, 0.2) is 0 Å². The van der Waals surface area contributed by atoms with Gasteiger partial charge in [-0.3, -0.25) is 10.00 Å². The second-order valence-corrected chi connectivity index (χ2v) is 5.66. The molecule has 0 radical (unpaired) electrons. The molecule has 2 N–H and O–H groups in total. The summed E-state index contributed by atoms with van der Waals surface area (Å²) in [6.07, 6.45) is 0.817. The molecule has 110 valence electrons. The maximum absolute atomic E-state index is 11.2. The minimum atomic E-state index is -0.882. The smallest absolute Gasteiger partial charge is 0.407 e. The summed E-state index contributed by atoms with van der Waals surface area (Å²) in [5.74, 6) is 0. The van der Waals surface area contributed by atoms with Crippen molar-refractivity contribution in [1.82, 2.24) is 15.1 Å². The predicted molar refractivity (Wildman–Crippen MR) is 80.5 cm³/mol. The average Bonchev–Trinajstić information content (AvgIpc) is 3.09. The molecular formula is C15H16ClN3O2. The Kier molecular flexibility index (Phi) is 3.59. The summed E-state index contributed by atoms with van der Waals surface area (Å²) in [6, 6.07) is 7.48. The Hall–Kier alpha value is -2.01. The number of benzene rings is 1. The maximum atomic E-state index is 11.2. The standard InChI is InChI=1S/C15H16ClN3O2/c1-9-10(4-2-5-11(9)16)12-8-13(18-17-12)14-6-3-7-19(14)15(20)21/h2,4-5,8,14H,3,6-7H2,1H3,(H,17,18)(H,20,21)/t14-/m0/s1. The summed E-state index contributed by atoms with van der Waals surface area (Å²) in [7, 11) is 0. The number of hydrogen-bond donors (Lipinski definition) is 2. The number of likely N-dealkylation sites (tertiary alicyclic amines) is 1. The van der Waals surface area contributed by atoms with Crippen molar-refractivity contribution in [2.24, 2.45) is 0 Å². The molecular weight excluding hydrogens is 290 g/mol. The van der Waals surface area contributed by atoms with Gasteiger partial charge in [-0.25, -0.2) is 4.79 Å². The third kappa shape index (κ3) is 2.49. The largest absolute Gasteiger partial charge is 0.465 e. The van der Waals surface area contributed by atoms with Crippen LogP contribution >= 0.6 is 11.6 Å². The monoisotopic (exact) mass is 305 g/mol. The molecule has 1 aliphatic rings. The molecule has 1 fully saturated rings. The van der Waals surface area contributed by atoms with Crippen molar-refractivity contribution in [2.45, 2.75) is 25.8 Å². The van der Waals surface area contributed by atoms with E-state index in [1.807, 2.05) is 31.2 Å². The number of amides is 1. The third-order valence-electron chi connectivity index (χ3n) is 4.00. The fourth-order valence-electron chi connectivity index (χ4n) is 2.85. The number of carbonyl (C=O) groups is 1. The van der Waals surface area contributed by atoms with E-state index in [-0.39, 0.29) is 6.04 Å². The summed E-state index contributed by atoms with van der Waals surface area (Å²) in [6.45, 7) is 2.52. The van der Waals surface area contributed by atoms with Crippen LogP contribution in [-0.4, -0.2) is 32.8 Å². The van der Waals surface area contributed by atoms with Crippen LogP contribution in [0.3, 0.4) is 0 Å². The lowest BCUT2D eigenvalue weighted by molar-refractivity contribution is 0.139. The number of carboxylic acid groups (broad SMARTS) is 1. The van der Waals surface area contributed by atoms with Gasteiger partial charge < -0.3 is 5.11 Å². The summed E-state index contributed by atoms with van der Waals surface area (Å²) < 4.78 is 0. The second kappa shape index (κ2) is 5.41. The van der Waals surface area contributed by atoms with E-state index in [2.05, 4.69) is 10.2 Å².